The summed E-state index contributed by atoms with van der Waals surface area (Å²) in [6.45, 7) is -0.0139. The van der Waals surface area contributed by atoms with Gasteiger partial charge in [-0.25, -0.2) is 4.98 Å². The number of hydrogen-bond acceptors (Lipinski definition) is 4. The smallest absolute Gasteiger partial charge is 0.149 e. The van der Waals surface area contributed by atoms with E-state index in [0.717, 1.165) is 5.56 Å². The number of aliphatic hydroxyl groups excluding tert-OH is 1. The Morgan fingerprint density at radius 1 is 1.18 bits per heavy atom. The number of nitrogen functional groups attached to an aromatic ring is 1. The van der Waals surface area contributed by atoms with Crippen molar-refractivity contribution in [2.75, 3.05) is 17.7 Å². The number of aliphatic hydroxyl groups is 1. The van der Waals surface area contributed by atoms with Gasteiger partial charge in [0.25, 0.3) is 0 Å². The lowest BCUT2D eigenvalue weighted by Gasteiger charge is -2.18. The molecule has 0 aliphatic rings. The maximum absolute atomic E-state index is 9.40. The summed E-state index contributed by atoms with van der Waals surface area (Å²) in [6.07, 6.45) is 1.66. The molecule has 0 amide bonds. The van der Waals surface area contributed by atoms with Crippen LogP contribution in [0.3, 0.4) is 0 Å². The number of hydrogen-bond donors (Lipinski definition) is 3. The number of rotatable bonds is 4. The third kappa shape index (κ3) is 2.73. The Morgan fingerprint density at radius 3 is 2.59 bits per heavy atom. The number of anilines is 2. The highest BCUT2D eigenvalue weighted by Gasteiger charge is 2.11. The summed E-state index contributed by atoms with van der Waals surface area (Å²) in [4.78, 5) is 4.14. The molecule has 0 fully saturated rings. The summed E-state index contributed by atoms with van der Waals surface area (Å²) in [5.41, 5.74) is 7.37. The number of nitrogens with one attached hydrogen (secondary N) is 1. The van der Waals surface area contributed by atoms with Crippen molar-refractivity contribution in [1.29, 1.82) is 0 Å². The van der Waals surface area contributed by atoms with Crippen LogP contribution in [0.25, 0.3) is 0 Å². The van der Waals surface area contributed by atoms with Gasteiger partial charge in [-0.05, 0) is 17.7 Å². The Balaban J connectivity index is 2.19. The maximum Gasteiger partial charge on any atom is 0.149 e. The first-order valence-corrected chi connectivity index (χ1v) is 5.44. The second-order valence-electron chi connectivity index (χ2n) is 3.73. The van der Waals surface area contributed by atoms with Crippen LogP contribution in [0, 0.1) is 0 Å². The topological polar surface area (TPSA) is 71.2 Å². The molecule has 4 heteroatoms. The standard InChI is InChI=1S/C13H15N3O/c14-11-7-4-8-15-13(11)16-12(9-17)10-5-2-1-3-6-10/h1-8,12,17H,9,14H2,(H,15,16). The summed E-state index contributed by atoms with van der Waals surface area (Å²) >= 11 is 0. The zero-order valence-electron chi connectivity index (χ0n) is 9.38. The largest absolute Gasteiger partial charge is 0.396 e. The highest BCUT2D eigenvalue weighted by molar-refractivity contribution is 5.61. The SMILES string of the molecule is Nc1cccnc1NC(CO)c1ccccc1. The van der Waals surface area contributed by atoms with Crippen molar-refractivity contribution in [3.63, 3.8) is 0 Å². The van der Waals surface area contributed by atoms with E-state index in [2.05, 4.69) is 10.3 Å². The average molecular weight is 229 g/mol. The van der Waals surface area contributed by atoms with Gasteiger partial charge in [0.1, 0.15) is 5.82 Å². The van der Waals surface area contributed by atoms with E-state index in [1.54, 1.807) is 18.3 Å². The molecule has 0 aliphatic carbocycles. The van der Waals surface area contributed by atoms with Crippen LogP contribution in [0.5, 0.6) is 0 Å². The van der Waals surface area contributed by atoms with Gasteiger partial charge in [-0.2, -0.15) is 0 Å². The summed E-state index contributed by atoms with van der Waals surface area (Å²) < 4.78 is 0. The molecule has 0 saturated carbocycles. The molecule has 1 heterocycles. The van der Waals surface area contributed by atoms with E-state index in [4.69, 9.17) is 5.73 Å². The molecule has 1 aromatic carbocycles. The molecule has 0 aliphatic heterocycles. The summed E-state index contributed by atoms with van der Waals surface area (Å²) in [5.74, 6) is 0.593. The van der Waals surface area contributed by atoms with Crippen molar-refractivity contribution < 1.29 is 5.11 Å². The fourth-order valence-electron chi connectivity index (χ4n) is 1.62. The van der Waals surface area contributed by atoms with Gasteiger partial charge < -0.3 is 16.2 Å². The molecule has 0 spiro atoms. The van der Waals surface area contributed by atoms with Crippen molar-refractivity contribution >= 4 is 11.5 Å². The van der Waals surface area contributed by atoms with Crippen LogP contribution in [0.1, 0.15) is 11.6 Å². The highest BCUT2D eigenvalue weighted by atomic mass is 16.3. The molecule has 0 radical (unpaired) electrons. The zero-order chi connectivity index (χ0) is 12.1. The zero-order valence-corrected chi connectivity index (χ0v) is 9.38. The van der Waals surface area contributed by atoms with Crippen molar-refractivity contribution in [3.8, 4) is 0 Å². The quantitative estimate of drug-likeness (QED) is 0.747. The second-order valence-corrected chi connectivity index (χ2v) is 3.73. The molecule has 2 aromatic rings. The molecule has 0 saturated heterocycles. The molecular weight excluding hydrogens is 214 g/mol. The minimum atomic E-state index is -0.201. The molecule has 4 N–H and O–H groups in total. The normalized spacial score (nSPS) is 12.1. The summed E-state index contributed by atoms with van der Waals surface area (Å²) in [5, 5.41) is 12.5. The van der Waals surface area contributed by atoms with Crippen LogP contribution in [-0.2, 0) is 0 Å². The average Bonchev–Trinajstić information content (AvgIpc) is 2.39. The molecule has 2 rings (SSSR count). The first-order valence-electron chi connectivity index (χ1n) is 5.44. The lowest BCUT2D eigenvalue weighted by Crippen LogP contribution is -2.16. The first kappa shape index (κ1) is 11.4. The molecule has 1 atom stereocenters. The Labute approximate surface area is 100 Å². The van der Waals surface area contributed by atoms with Gasteiger partial charge >= 0.3 is 0 Å². The maximum atomic E-state index is 9.40. The molecular formula is C13H15N3O. The number of nitrogens with zero attached hydrogens (tertiary/aromatic N) is 1. The minimum Gasteiger partial charge on any atom is -0.396 e. The Morgan fingerprint density at radius 2 is 1.94 bits per heavy atom. The Kier molecular flexibility index (Phi) is 3.57. The number of nitrogens with two attached hydrogens (primary N) is 1. The fourth-order valence-corrected chi connectivity index (χ4v) is 1.62. The Hall–Kier alpha value is -2.07. The molecule has 17 heavy (non-hydrogen) atoms. The minimum absolute atomic E-state index is 0.0139. The summed E-state index contributed by atoms with van der Waals surface area (Å²) in [7, 11) is 0. The predicted octanol–water partition coefficient (Wildman–Crippen LogP) is 1.81. The lowest BCUT2D eigenvalue weighted by atomic mass is 10.1. The molecule has 88 valence electrons. The van der Waals surface area contributed by atoms with Gasteiger partial charge in [-0.1, -0.05) is 30.3 Å². The van der Waals surface area contributed by atoms with E-state index < -0.39 is 0 Å². The van der Waals surface area contributed by atoms with E-state index in [1.165, 1.54) is 0 Å². The predicted molar refractivity (Wildman–Crippen MR) is 68.5 cm³/mol. The third-order valence-electron chi connectivity index (χ3n) is 2.53. The van der Waals surface area contributed by atoms with Crippen molar-refractivity contribution in [1.82, 2.24) is 4.98 Å². The van der Waals surface area contributed by atoms with Crippen LogP contribution in [0.4, 0.5) is 11.5 Å². The van der Waals surface area contributed by atoms with Crippen LogP contribution in [-0.4, -0.2) is 16.7 Å². The fraction of sp³-hybridized carbons (Fsp3) is 0.154. The third-order valence-corrected chi connectivity index (χ3v) is 2.53. The molecule has 1 aromatic heterocycles. The van der Waals surface area contributed by atoms with E-state index in [9.17, 15) is 5.11 Å². The van der Waals surface area contributed by atoms with Crippen LogP contribution < -0.4 is 11.1 Å². The van der Waals surface area contributed by atoms with Crippen LogP contribution in [0.15, 0.2) is 48.7 Å². The van der Waals surface area contributed by atoms with E-state index in [1.807, 2.05) is 30.3 Å². The van der Waals surface area contributed by atoms with Gasteiger partial charge in [0.15, 0.2) is 0 Å². The summed E-state index contributed by atoms with van der Waals surface area (Å²) in [6, 6.07) is 13.1. The van der Waals surface area contributed by atoms with E-state index in [-0.39, 0.29) is 12.6 Å². The van der Waals surface area contributed by atoms with E-state index >= 15 is 0 Å². The van der Waals surface area contributed by atoms with Gasteiger partial charge in [0.05, 0.1) is 18.3 Å². The van der Waals surface area contributed by atoms with Crippen LogP contribution >= 0.6 is 0 Å². The lowest BCUT2D eigenvalue weighted by molar-refractivity contribution is 0.276. The number of benzene rings is 1. The van der Waals surface area contributed by atoms with Gasteiger partial charge in [0, 0.05) is 6.20 Å². The first-order chi connectivity index (χ1) is 8.31. The van der Waals surface area contributed by atoms with Crippen molar-refractivity contribution in [3.05, 3.63) is 54.2 Å². The monoisotopic (exact) mass is 229 g/mol. The number of aromatic nitrogens is 1. The van der Waals surface area contributed by atoms with Gasteiger partial charge in [-0.15, -0.1) is 0 Å². The van der Waals surface area contributed by atoms with Crippen molar-refractivity contribution in [2.45, 2.75) is 6.04 Å². The highest BCUT2D eigenvalue weighted by Crippen LogP contribution is 2.21. The molecule has 1 unspecified atom stereocenters. The van der Waals surface area contributed by atoms with Gasteiger partial charge in [-0.3, -0.25) is 0 Å². The van der Waals surface area contributed by atoms with Crippen molar-refractivity contribution in [2.24, 2.45) is 0 Å². The molecule has 4 nitrogen and oxygen atoms in total. The van der Waals surface area contributed by atoms with Gasteiger partial charge in [0.2, 0.25) is 0 Å². The number of pyridine rings is 1. The molecule has 0 bridgehead atoms. The van der Waals surface area contributed by atoms with E-state index in [0.29, 0.717) is 11.5 Å². The van der Waals surface area contributed by atoms with Crippen LogP contribution in [0.2, 0.25) is 0 Å². The second kappa shape index (κ2) is 5.32. The Bertz CT molecular complexity index is 473.